The third-order valence-corrected chi connectivity index (χ3v) is 3.64. The molecule has 0 saturated carbocycles. The normalized spacial score (nSPS) is 12.1. The van der Waals surface area contributed by atoms with Gasteiger partial charge in [-0.2, -0.15) is 13.2 Å². The Morgan fingerprint density at radius 1 is 1.04 bits per heavy atom. The van der Waals surface area contributed by atoms with E-state index in [1.54, 1.807) is 0 Å². The van der Waals surface area contributed by atoms with Gasteiger partial charge in [0, 0.05) is 19.2 Å². The first kappa shape index (κ1) is 16.9. The zero-order valence-electron chi connectivity index (χ0n) is 12.7. The number of alkyl halides is 3. The summed E-state index contributed by atoms with van der Waals surface area (Å²) in [6, 6.07) is 1.80. The van der Waals surface area contributed by atoms with Gasteiger partial charge in [-0.05, 0) is 13.0 Å². The molecule has 3 aromatic rings. The standard InChI is InChI=1S/C15H9F5N2O3/c1-6-3-7-8(16)4-9(17)12(13(7)25-6)22-11(23)5-10(15(18,19)20)21(2)14(22)24/h3-5H,1-2H3. The van der Waals surface area contributed by atoms with E-state index in [0.29, 0.717) is 6.07 Å². The number of rotatable bonds is 1. The van der Waals surface area contributed by atoms with Crippen LogP contribution in [0.15, 0.2) is 32.2 Å². The van der Waals surface area contributed by atoms with Crippen LogP contribution in [0.5, 0.6) is 0 Å². The Hall–Kier alpha value is -2.91. The first-order valence-corrected chi connectivity index (χ1v) is 6.81. The minimum Gasteiger partial charge on any atom is -0.459 e. The van der Waals surface area contributed by atoms with E-state index in [9.17, 15) is 31.5 Å². The molecule has 3 rings (SSSR count). The van der Waals surface area contributed by atoms with Crippen molar-refractivity contribution in [1.29, 1.82) is 0 Å². The van der Waals surface area contributed by atoms with Crippen LogP contribution in [0.25, 0.3) is 16.7 Å². The van der Waals surface area contributed by atoms with Crippen molar-refractivity contribution < 1.29 is 26.4 Å². The third-order valence-electron chi connectivity index (χ3n) is 3.64. The van der Waals surface area contributed by atoms with Crippen molar-refractivity contribution >= 4 is 11.0 Å². The Morgan fingerprint density at radius 3 is 2.28 bits per heavy atom. The summed E-state index contributed by atoms with van der Waals surface area (Å²) in [5.74, 6) is -2.15. The van der Waals surface area contributed by atoms with Crippen molar-refractivity contribution in [2.45, 2.75) is 13.1 Å². The molecular weight excluding hydrogens is 351 g/mol. The monoisotopic (exact) mass is 360 g/mol. The van der Waals surface area contributed by atoms with Crippen molar-refractivity contribution in [2.24, 2.45) is 7.05 Å². The molecule has 2 aromatic heterocycles. The van der Waals surface area contributed by atoms with Crippen molar-refractivity contribution in [3.05, 3.63) is 62.1 Å². The molecule has 0 N–H and O–H groups in total. The van der Waals surface area contributed by atoms with Crippen LogP contribution in [-0.4, -0.2) is 9.13 Å². The van der Waals surface area contributed by atoms with Crippen LogP contribution in [-0.2, 0) is 13.2 Å². The Kier molecular flexibility index (Phi) is 3.59. The number of hydrogen-bond acceptors (Lipinski definition) is 3. The van der Waals surface area contributed by atoms with Gasteiger partial charge in [-0.15, -0.1) is 0 Å². The smallest absolute Gasteiger partial charge is 0.431 e. The quantitative estimate of drug-likeness (QED) is 0.627. The number of hydrogen-bond donors (Lipinski definition) is 0. The van der Waals surface area contributed by atoms with Crippen LogP contribution in [0.3, 0.4) is 0 Å². The van der Waals surface area contributed by atoms with Gasteiger partial charge in [-0.1, -0.05) is 0 Å². The third kappa shape index (κ3) is 2.53. The molecule has 0 radical (unpaired) electrons. The second kappa shape index (κ2) is 5.30. The van der Waals surface area contributed by atoms with Gasteiger partial charge < -0.3 is 4.42 Å². The van der Waals surface area contributed by atoms with Gasteiger partial charge in [-0.25, -0.2) is 18.1 Å². The lowest BCUT2D eigenvalue weighted by Gasteiger charge is -2.14. The van der Waals surface area contributed by atoms with Crippen molar-refractivity contribution in [3.63, 3.8) is 0 Å². The highest BCUT2D eigenvalue weighted by atomic mass is 19.4. The van der Waals surface area contributed by atoms with Gasteiger partial charge in [-0.3, -0.25) is 9.36 Å². The zero-order chi connectivity index (χ0) is 18.7. The van der Waals surface area contributed by atoms with Crippen molar-refractivity contribution in [3.8, 4) is 5.69 Å². The molecule has 0 fully saturated rings. The van der Waals surface area contributed by atoms with E-state index in [2.05, 4.69) is 0 Å². The van der Waals surface area contributed by atoms with Gasteiger partial charge in [0.1, 0.15) is 23.0 Å². The van der Waals surface area contributed by atoms with Gasteiger partial charge >= 0.3 is 11.9 Å². The van der Waals surface area contributed by atoms with Gasteiger partial charge in [0.25, 0.3) is 5.56 Å². The molecule has 1 aromatic carbocycles. The van der Waals surface area contributed by atoms with Crippen LogP contribution in [0.4, 0.5) is 22.0 Å². The van der Waals surface area contributed by atoms with Crippen molar-refractivity contribution in [1.82, 2.24) is 9.13 Å². The first-order chi connectivity index (χ1) is 11.5. The van der Waals surface area contributed by atoms with Gasteiger partial charge in [0.15, 0.2) is 11.4 Å². The van der Waals surface area contributed by atoms with E-state index in [-0.39, 0.29) is 26.3 Å². The fraction of sp³-hybridized carbons (Fsp3) is 0.200. The number of aryl methyl sites for hydroxylation is 1. The SMILES string of the molecule is Cc1cc2c(F)cc(F)c(-n3c(=O)cc(C(F)(F)F)n(C)c3=O)c2o1. The van der Waals surface area contributed by atoms with E-state index in [1.807, 2.05) is 0 Å². The molecule has 0 aliphatic rings. The van der Waals surface area contributed by atoms with Gasteiger partial charge in [0.2, 0.25) is 0 Å². The zero-order valence-corrected chi connectivity index (χ0v) is 12.7. The Labute approximate surface area is 135 Å². The lowest BCUT2D eigenvalue weighted by Crippen LogP contribution is -2.41. The summed E-state index contributed by atoms with van der Waals surface area (Å²) in [7, 11) is 0.785. The minimum atomic E-state index is -4.95. The summed E-state index contributed by atoms with van der Waals surface area (Å²) in [6.07, 6.45) is -4.95. The van der Waals surface area contributed by atoms with Crippen LogP contribution in [0.1, 0.15) is 11.5 Å². The summed E-state index contributed by atoms with van der Waals surface area (Å²) in [4.78, 5) is 24.4. The molecule has 2 heterocycles. The molecule has 0 amide bonds. The maximum Gasteiger partial charge on any atom is 0.431 e. The van der Waals surface area contributed by atoms with E-state index in [1.165, 1.54) is 13.0 Å². The number of furan rings is 1. The predicted octanol–water partition coefficient (Wildman–Crippen LogP) is 2.89. The Bertz CT molecular complexity index is 1120. The molecule has 0 spiro atoms. The topological polar surface area (TPSA) is 57.1 Å². The number of fused-ring (bicyclic) bond motifs is 1. The van der Waals surface area contributed by atoms with Crippen molar-refractivity contribution in [2.75, 3.05) is 0 Å². The van der Waals surface area contributed by atoms with Crippen LogP contribution in [0, 0.1) is 18.6 Å². The fourth-order valence-corrected chi connectivity index (χ4v) is 2.55. The molecule has 0 atom stereocenters. The fourth-order valence-electron chi connectivity index (χ4n) is 2.55. The second-order valence-electron chi connectivity index (χ2n) is 5.33. The Balaban J connectivity index is 2.48. The number of halogens is 5. The summed E-state index contributed by atoms with van der Waals surface area (Å²) in [5.41, 5.74) is -5.55. The van der Waals surface area contributed by atoms with Crippen LogP contribution < -0.4 is 11.2 Å². The summed E-state index contributed by atoms with van der Waals surface area (Å²) < 4.78 is 72.2. The minimum absolute atomic E-state index is 0.159. The van der Waals surface area contributed by atoms with E-state index < -0.39 is 46.0 Å². The number of aromatic nitrogens is 2. The maximum atomic E-state index is 14.3. The highest BCUT2D eigenvalue weighted by molar-refractivity contribution is 5.86. The first-order valence-electron chi connectivity index (χ1n) is 6.81. The van der Waals surface area contributed by atoms with Crippen LogP contribution in [0.2, 0.25) is 0 Å². The molecule has 0 bridgehead atoms. The lowest BCUT2D eigenvalue weighted by molar-refractivity contribution is -0.144. The summed E-state index contributed by atoms with van der Waals surface area (Å²) in [6.45, 7) is 1.43. The molecule has 0 aliphatic carbocycles. The maximum absolute atomic E-state index is 14.3. The lowest BCUT2D eigenvalue weighted by atomic mass is 10.2. The molecule has 132 valence electrons. The molecule has 10 heteroatoms. The summed E-state index contributed by atoms with van der Waals surface area (Å²) >= 11 is 0. The highest BCUT2D eigenvalue weighted by Gasteiger charge is 2.35. The molecule has 25 heavy (non-hydrogen) atoms. The molecule has 0 saturated heterocycles. The average Bonchev–Trinajstić information content (AvgIpc) is 2.87. The Morgan fingerprint density at radius 2 is 1.68 bits per heavy atom. The predicted molar refractivity (Wildman–Crippen MR) is 76.7 cm³/mol. The van der Waals surface area contributed by atoms with Gasteiger partial charge in [0.05, 0.1) is 5.39 Å². The van der Waals surface area contributed by atoms with E-state index in [4.69, 9.17) is 4.42 Å². The van der Waals surface area contributed by atoms with Crippen LogP contribution >= 0.6 is 0 Å². The number of nitrogens with zero attached hydrogens (tertiary/aromatic N) is 2. The van der Waals surface area contributed by atoms with E-state index >= 15 is 0 Å². The molecular formula is C15H9F5N2O3. The molecule has 0 aliphatic heterocycles. The summed E-state index contributed by atoms with van der Waals surface area (Å²) in [5, 5.41) is -0.206. The highest BCUT2D eigenvalue weighted by Crippen LogP contribution is 2.30. The average molecular weight is 360 g/mol. The second-order valence-corrected chi connectivity index (χ2v) is 5.33. The largest absolute Gasteiger partial charge is 0.459 e. The molecule has 0 unspecified atom stereocenters. The molecule has 5 nitrogen and oxygen atoms in total. The van der Waals surface area contributed by atoms with E-state index in [0.717, 1.165) is 7.05 Å². The number of benzene rings is 1.